The summed E-state index contributed by atoms with van der Waals surface area (Å²) in [6.45, 7) is 4.78. The van der Waals surface area contributed by atoms with Crippen molar-refractivity contribution in [2.75, 3.05) is 0 Å². The van der Waals surface area contributed by atoms with Gasteiger partial charge in [0.05, 0.1) is 6.20 Å². The van der Waals surface area contributed by atoms with Gasteiger partial charge in [0.2, 0.25) is 0 Å². The van der Waals surface area contributed by atoms with Crippen LogP contribution in [-0.4, -0.2) is 15.6 Å². The van der Waals surface area contributed by atoms with Gasteiger partial charge in [0, 0.05) is 30.3 Å². The van der Waals surface area contributed by atoms with Gasteiger partial charge in [-0.25, -0.2) is 0 Å². The zero-order valence-corrected chi connectivity index (χ0v) is 10.2. The fourth-order valence-corrected chi connectivity index (χ4v) is 1.76. The van der Waals surface area contributed by atoms with Gasteiger partial charge >= 0.3 is 0 Å². The predicted octanol–water partition coefficient (Wildman–Crippen LogP) is 3.16. The highest BCUT2D eigenvalue weighted by Gasteiger charge is 2.06. The third-order valence-corrected chi connectivity index (χ3v) is 2.80. The van der Waals surface area contributed by atoms with Crippen LogP contribution in [0.5, 0.6) is 0 Å². The minimum atomic E-state index is 0.176. The molecular weight excluding hydrogens is 212 g/mol. The summed E-state index contributed by atoms with van der Waals surface area (Å²) in [4.78, 5) is 11.6. The molecule has 0 saturated carbocycles. The van der Waals surface area contributed by atoms with Crippen LogP contribution in [0.15, 0.2) is 36.7 Å². The summed E-state index contributed by atoms with van der Waals surface area (Å²) in [6, 6.07) is 7.72. The van der Waals surface area contributed by atoms with E-state index in [9.17, 15) is 4.79 Å². The fourth-order valence-electron chi connectivity index (χ4n) is 1.76. The van der Waals surface area contributed by atoms with Crippen molar-refractivity contribution in [2.45, 2.75) is 26.8 Å². The van der Waals surface area contributed by atoms with E-state index in [0.717, 1.165) is 23.2 Å². The topological polar surface area (TPSA) is 34.9 Å². The predicted molar refractivity (Wildman–Crippen MR) is 68.0 cm³/mol. The molecule has 0 atom stereocenters. The second-order valence-electron chi connectivity index (χ2n) is 3.94. The SMILES string of the molecule is CCC(=O)c1cccc(-c2cnn(CC)c2)c1. The Morgan fingerprint density at radius 1 is 1.29 bits per heavy atom. The average Bonchev–Trinajstić information content (AvgIpc) is 2.86. The van der Waals surface area contributed by atoms with Crippen LogP contribution in [-0.2, 0) is 6.54 Å². The van der Waals surface area contributed by atoms with Crippen molar-refractivity contribution in [1.29, 1.82) is 0 Å². The van der Waals surface area contributed by atoms with Gasteiger partial charge < -0.3 is 0 Å². The quantitative estimate of drug-likeness (QED) is 0.753. The van der Waals surface area contributed by atoms with Gasteiger partial charge in [0.15, 0.2) is 5.78 Å². The molecule has 1 heterocycles. The van der Waals surface area contributed by atoms with Crippen molar-refractivity contribution in [3.63, 3.8) is 0 Å². The molecule has 0 amide bonds. The maximum Gasteiger partial charge on any atom is 0.162 e. The highest BCUT2D eigenvalue weighted by atomic mass is 16.1. The average molecular weight is 228 g/mol. The number of hydrogen-bond acceptors (Lipinski definition) is 2. The normalized spacial score (nSPS) is 10.5. The van der Waals surface area contributed by atoms with E-state index in [1.807, 2.05) is 55.2 Å². The van der Waals surface area contributed by atoms with Crippen molar-refractivity contribution >= 4 is 5.78 Å². The van der Waals surface area contributed by atoms with Gasteiger partial charge in [-0.3, -0.25) is 9.48 Å². The van der Waals surface area contributed by atoms with E-state index >= 15 is 0 Å². The Bertz CT molecular complexity index is 529. The monoisotopic (exact) mass is 228 g/mol. The van der Waals surface area contributed by atoms with E-state index in [2.05, 4.69) is 5.10 Å². The van der Waals surface area contributed by atoms with Crippen molar-refractivity contribution in [3.05, 3.63) is 42.2 Å². The number of ketones is 1. The highest BCUT2D eigenvalue weighted by molar-refractivity contribution is 5.96. The molecule has 0 aliphatic heterocycles. The van der Waals surface area contributed by atoms with Crippen molar-refractivity contribution in [1.82, 2.24) is 9.78 Å². The zero-order chi connectivity index (χ0) is 12.3. The summed E-state index contributed by atoms with van der Waals surface area (Å²) in [6.07, 6.45) is 4.37. The number of nitrogens with zero attached hydrogens (tertiary/aromatic N) is 2. The molecule has 1 aromatic heterocycles. The zero-order valence-electron chi connectivity index (χ0n) is 10.2. The summed E-state index contributed by atoms with van der Waals surface area (Å²) in [7, 11) is 0. The molecule has 0 aliphatic carbocycles. The van der Waals surface area contributed by atoms with Gasteiger partial charge in [-0.1, -0.05) is 25.1 Å². The van der Waals surface area contributed by atoms with Gasteiger partial charge in [-0.05, 0) is 18.6 Å². The highest BCUT2D eigenvalue weighted by Crippen LogP contribution is 2.20. The van der Waals surface area contributed by atoms with Crippen LogP contribution in [0.3, 0.4) is 0 Å². The molecule has 0 fully saturated rings. The summed E-state index contributed by atoms with van der Waals surface area (Å²) in [5.74, 6) is 0.176. The summed E-state index contributed by atoms with van der Waals surface area (Å²) in [5.41, 5.74) is 2.87. The largest absolute Gasteiger partial charge is 0.294 e. The first kappa shape index (κ1) is 11.6. The molecular formula is C14H16N2O. The summed E-state index contributed by atoms with van der Waals surface area (Å²) < 4.78 is 1.88. The molecule has 0 N–H and O–H groups in total. The van der Waals surface area contributed by atoms with Gasteiger partial charge in [0.25, 0.3) is 0 Å². The summed E-state index contributed by atoms with van der Waals surface area (Å²) in [5, 5.41) is 4.24. The number of carbonyl (C=O) groups is 1. The standard InChI is InChI=1S/C14H16N2O/c1-3-14(17)12-7-5-6-11(8-12)13-9-15-16(4-2)10-13/h5-10H,3-4H2,1-2H3. The Morgan fingerprint density at radius 2 is 2.12 bits per heavy atom. The molecule has 0 bridgehead atoms. The fraction of sp³-hybridized carbons (Fsp3) is 0.286. The lowest BCUT2D eigenvalue weighted by Gasteiger charge is -2.01. The Morgan fingerprint density at radius 3 is 2.76 bits per heavy atom. The van der Waals surface area contributed by atoms with Gasteiger partial charge in [-0.15, -0.1) is 0 Å². The maximum atomic E-state index is 11.6. The molecule has 2 aromatic rings. The first-order valence-corrected chi connectivity index (χ1v) is 5.90. The number of carbonyl (C=O) groups excluding carboxylic acids is 1. The minimum absolute atomic E-state index is 0.176. The van der Waals surface area contributed by atoms with Gasteiger partial charge in [-0.2, -0.15) is 5.10 Å². The number of Topliss-reactive ketones (excluding diaryl/α,β-unsaturated/α-hetero) is 1. The van der Waals surface area contributed by atoms with Crippen LogP contribution in [0.2, 0.25) is 0 Å². The van der Waals surface area contributed by atoms with Crippen molar-refractivity contribution < 1.29 is 4.79 Å². The van der Waals surface area contributed by atoms with Crippen LogP contribution in [0.1, 0.15) is 30.6 Å². The molecule has 3 nitrogen and oxygen atoms in total. The van der Waals surface area contributed by atoms with Crippen molar-refractivity contribution in [2.24, 2.45) is 0 Å². The smallest absolute Gasteiger partial charge is 0.162 e. The molecule has 0 saturated heterocycles. The lowest BCUT2D eigenvalue weighted by molar-refractivity contribution is 0.0988. The molecule has 88 valence electrons. The number of benzene rings is 1. The molecule has 0 unspecified atom stereocenters. The van der Waals surface area contributed by atoms with E-state index in [1.165, 1.54) is 0 Å². The Balaban J connectivity index is 2.35. The molecule has 3 heteroatoms. The second kappa shape index (κ2) is 4.95. The molecule has 1 aromatic carbocycles. The first-order valence-electron chi connectivity index (χ1n) is 5.90. The summed E-state index contributed by atoms with van der Waals surface area (Å²) >= 11 is 0. The Labute approximate surface area is 101 Å². The first-order chi connectivity index (χ1) is 8.24. The molecule has 0 spiro atoms. The number of hydrogen-bond donors (Lipinski definition) is 0. The van der Waals surface area contributed by atoms with E-state index in [1.54, 1.807) is 0 Å². The molecule has 0 aliphatic rings. The number of aromatic nitrogens is 2. The Hall–Kier alpha value is -1.90. The van der Waals surface area contributed by atoms with Crippen molar-refractivity contribution in [3.8, 4) is 11.1 Å². The minimum Gasteiger partial charge on any atom is -0.294 e. The van der Waals surface area contributed by atoms with Crippen LogP contribution in [0, 0.1) is 0 Å². The third-order valence-electron chi connectivity index (χ3n) is 2.80. The van der Waals surface area contributed by atoms with E-state index < -0.39 is 0 Å². The van der Waals surface area contributed by atoms with Crippen LogP contribution < -0.4 is 0 Å². The second-order valence-corrected chi connectivity index (χ2v) is 3.94. The van der Waals surface area contributed by atoms with E-state index in [-0.39, 0.29) is 5.78 Å². The number of aryl methyl sites for hydroxylation is 1. The van der Waals surface area contributed by atoms with E-state index in [4.69, 9.17) is 0 Å². The van der Waals surface area contributed by atoms with Crippen LogP contribution in [0.4, 0.5) is 0 Å². The third kappa shape index (κ3) is 2.44. The lowest BCUT2D eigenvalue weighted by atomic mass is 10.0. The Kier molecular flexibility index (Phi) is 3.38. The lowest BCUT2D eigenvalue weighted by Crippen LogP contribution is -1.96. The maximum absolute atomic E-state index is 11.6. The van der Waals surface area contributed by atoms with E-state index in [0.29, 0.717) is 6.42 Å². The van der Waals surface area contributed by atoms with Crippen LogP contribution in [0.25, 0.3) is 11.1 Å². The number of rotatable bonds is 4. The molecule has 0 radical (unpaired) electrons. The van der Waals surface area contributed by atoms with Crippen LogP contribution >= 0.6 is 0 Å². The van der Waals surface area contributed by atoms with Gasteiger partial charge in [0.1, 0.15) is 0 Å². The molecule has 2 rings (SSSR count). The molecule has 17 heavy (non-hydrogen) atoms.